The van der Waals surface area contributed by atoms with Crippen LogP contribution in [0.5, 0.6) is 0 Å². The SMILES string of the molecule is CCn1c(NNC(=O)c2ccccc2C)nc2ccccc2c1=O. The van der Waals surface area contributed by atoms with Crippen molar-refractivity contribution in [2.75, 3.05) is 5.43 Å². The molecule has 2 N–H and O–H groups in total. The van der Waals surface area contributed by atoms with Gasteiger partial charge in [0, 0.05) is 12.1 Å². The van der Waals surface area contributed by atoms with E-state index in [1.165, 1.54) is 4.57 Å². The highest BCUT2D eigenvalue weighted by atomic mass is 16.2. The number of carbonyl (C=O) groups excluding carboxylic acids is 1. The van der Waals surface area contributed by atoms with Gasteiger partial charge in [0.2, 0.25) is 5.95 Å². The lowest BCUT2D eigenvalue weighted by Gasteiger charge is -2.14. The lowest BCUT2D eigenvalue weighted by Crippen LogP contribution is -2.34. The van der Waals surface area contributed by atoms with E-state index >= 15 is 0 Å². The van der Waals surface area contributed by atoms with Crippen molar-refractivity contribution in [3.8, 4) is 0 Å². The molecule has 0 unspecified atom stereocenters. The second-order valence-corrected chi connectivity index (χ2v) is 5.40. The van der Waals surface area contributed by atoms with Crippen molar-refractivity contribution in [1.82, 2.24) is 15.0 Å². The van der Waals surface area contributed by atoms with Crippen molar-refractivity contribution < 1.29 is 4.79 Å². The first kappa shape index (κ1) is 15.7. The van der Waals surface area contributed by atoms with Crippen LogP contribution >= 0.6 is 0 Å². The number of amides is 1. The lowest BCUT2D eigenvalue weighted by molar-refractivity contribution is 0.0961. The fraction of sp³-hybridized carbons (Fsp3) is 0.167. The van der Waals surface area contributed by atoms with Gasteiger partial charge in [-0.3, -0.25) is 25.0 Å². The van der Waals surface area contributed by atoms with Crippen LogP contribution in [-0.2, 0) is 6.54 Å². The smallest absolute Gasteiger partial charge is 0.269 e. The molecule has 24 heavy (non-hydrogen) atoms. The average Bonchev–Trinajstić information content (AvgIpc) is 2.60. The van der Waals surface area contributed by atoms with Crippen LogP contribution in [0.1, 0.15) is 22.8 Å². The van der Waals surface area contributed by atoms with Crippen LogP contribution < -0.4 is 16.4 Å². The Kier molecular flexibility index (Phi) is 4.29. The first-order chi connectivity index (χ1) is 11.6. The van der Waals surface area contributed by atoms with E-state index < -0.39 is 0 Å². The van der Waals surface area contributed by atoms with Gasteiger partial charge in [0.1, 0.15) is 0 Å². The van der Waals surface area contributed by atoms with E-state index in [2.05, 4.69) is 15.8 Å². The summed E-state index contributed by atoms with van der Waals surface area (Å²) in [6.07, 6.45) is 0. The Morgan fingerprint density at radius 3 is 2.58 bits per heavy atom. The standard InChI is InChI=1S/C18H18N4O2/c1-3-22-17(24)14-10-6-7-11-15(14)19-18(22)21-20-16(23)13-9-5-4-8-12(13)2/h4-11H,3H2,1-2H3,(H,19,21)(H,20,23). The summed E-state index contributed by atoms with van der Waals surface area (Å²) in [5.41, 5.74) is 7.26. The second kappa shape index (κ2) is 6.54. The number of nitrogens with one attached hydrogen (secondary N) is 2. The van der Waals surface area contributed by atoms with Crippen LogP contribution in [0, 0.1) is 6.92 Å². The Labute approximate surface area is 139 Å². The van der Waals surface area contributed by atoms with Gasteiger partial charge in [-0.25, -0.2) is 4.98 Å². The summed E-state index contributed by atoms with van der Waals surface area (Å²) >= 11 is 0. The molecule has 0 spiro atoms. The normalized spacial score (nSPS) is 10.6. The maximum Gasteiger partial charge on any atom is 0.269 e. The van der Waals surface area contributed by atoms with Crippen molar-refractivity contribution in [2.24, 2.45) is 0 Å². The molecule has 1 amide bonds. The Balaban J connectivity index is 1.91. The third-order valence-electron chi connectivity index (χ3n) is 3.86. The van der Waals surface area contributed by atoms with Gasteiger partial charge in [-0.15, -0.1) is 0 Å². The predicted octanol–water partition coefficient (Wildman–Crippen LogP) is 2.48. The van der Waals surface area contributed by atoms with Gasteiger partial charge in [-0.05, 0) is 37.6 Å². The van der Waals surface area contributed by atoms with E-state index in [1.54, 1.807) is 30.3 Å². The number of anilines is 1. The number of hydrogen-bond donors (Lipinski definition) is 2. The van der Waals surface area contributed by atoms with E-state index in [1.807, 2.05) is 32.0 Å². The van der Waals surface area contributed by atoms with Crippen molar-refractivity contribution >= 4 is 22.8 Å². The Morgan fingerprint density at radius 2 is 1.83 bits per heavy atom. The summed E-state index contributed by atoms with van der Waals surface area (Å²) in [5, 5.41) is 0.551. The summed E-state index contributed by atoms with van der Waals surface area (Å²) in [4.78, 5) is 29.2. The molecule has 6 heteroatoms. The summed E-state index contributed by atoms with van der Waals surface area (Å²) in [6, 6.07) is 14.4. The van der Waals surface area contributed by atoms with Crippen molar-refractivity contribution in [1.29, 1.82) is 0 Å². The Morgan fingerprint density at radius 1 is 1.12 bits per heavy atom. The van der Waals surface area contributed by atoms with Crippen LogP contribution in [0.4, 0.5) is 5.95 Å². The van der Waals surface area contributed by atoms with Crippen LogP contribution in [0.15, 0.2) is 53.3 Å². The average molecular weight is 322 g/mol. The van der Waals surface area contributed by atoms with Crippen molar-refractivity contribution in [3.05, 3.63) is 70.0 Å². The largest absolute Gasteiger partial charge is 0.277 e. The minimum Gasteiger partial charge on any atom is -0.277 e. The zero-order valence-electron chi connectivity index (χ0n) is 13.5. The highest BCUT2D eigenvalue weighted by Crippen LogP contribution is 2.11. The summed E-state index contributed by atoms with van der Waals surface area (Å²) < 4.78 is 1.49. The molecule has 1 aromatic heterocycles. The monoisotopic (exact) mass is 322 g/mol. The number of hydrogen-bond acceptors (Lipinski definition) is 4. The molecule has 0 atom stereocenters. The fourth-order valence-corrected chi connectivity index (χ4v) is 2.56. The minimum atomic E-state index is -0.279. The van der Waals surface area contributed by atoms with Gasteiger partial charge in [0.15, 0.2) is 0 Å². The second-order valence-electron chi connectivity index (χ2n) is 5.40. The molecule has 6 nitrogen and oxygen atoms in total. The molecule has 122 valence electrons. The molecule has 3 aromatic rings. The Hall–Kier alpha value is -3.15. The third kappa shape index (κ3) is 2.86. The molecule has 0 radical (unpaired) electrons. The summed E-state index contributed by atoms with van der Waals surface area (Å²) in [5.74, 6) is 0.0290. The number of hydrazine groups is 1. The number of carbonyl (C=O) groups is 1. The molecule has 0 saturated heterocycles. The molecule has 2 aromatic carbocycles. The van der Waals surface area contributed by atoms with Crippen molar-refractivity contribution in [3.63, 3.8) is 0 Å². The van der Waals surface area contributed by atoms with E-state index in [9.17, 15) is 9.59 Å². The zero-order valence-corrected chi connectivity index (χ0v) is 13.5. The number of rotatable bonds is 4. The topological polar surface area (TPSA) is 76.0 Å². The van der Waals surface area contributed by atoms with E-state index in [-0.39, 0.29) is 11.5 Å². The molecule has 0 aliphatic rings. The molecular formula is C18H18N4O2. The Bertz CT molecular complexity index is 963. The van der Waals surface area contributed by atoms with Gasteiger partial charge in [-0.2, -0.15) is 0 Å². The van der Waals surface area contributed by atoms with E-state index in [4.69, 9.17) is 0 Å². The number of aromatic nitrogens is 2. The summed E-state index contributed by atoms with van der Waals surface area (Å²) in [6.45, 7) is 4.16. The number of fused-ring (bicyclic) bond motifs is 1. The molecule has 1 heterocycles. The zero-order chi connectivity index (χ0) is 17.1. The van der Waals surface area contributed by atoms with Gasteiger partial charge < -0.3 is 0 Å². The predicted molar refractivity (Wildman–Crippen MR) is 93.9 cm³/mol. The van der Waals surface area contributed by atoms with Crippen LogP contribution in [0.25, 0.3) is 10.9 Å². The maximum atomic E-state index is 12.5. The van der Waals surface area contributed by atoms with Gasteiger partial charge >= 0.3 is 0 Å². The highest BCUT2D eigenvalue weighted by Gasteiger charge is 2.12. The molecule has 0 fully saturated rings. The van der Waals surface area contributed by atoms with E-state index in [0.29, 0.717) is 29.0 Å². The number of para-hydroxylation sites is 1. The molecule has 0 aliphatic heterocycles. The van der Waals surface area contributed by atoms with Crippen molar-refractivity contribution in [2.45, 2.75) is 20.4 Å². The molecule has 3 rings (SSSR count). The summed E-state index contributed by atoms with van der Waals surface area (Å²) in [7, 11) is 0. The van der Waals surface area contributed by atoms with Gasteiger partial charge in [0.25, 0.3) is 11.5 Å². The van der Waals surface area contributed by atoms with E-state index in [0.717, 1.165) is 5.56 Å². The minimum absolute atomic E-state index is 0.143. The van der Waals surface area contributed by atoms with Crippen LogP contribution in [0.2, 0.25) is 0 Å². The quantitative estimate of drug-likeness (QED) is 0.724. The number of aryl methyl sites for hydroxylation is 1. The number of benzene rings is 2. The molecule has 0 aliphatic carbocycles. The lowest BCUT2D eigenvalue weighted by atomic mass is 10.1. The molecule has 0 bridgehead atoms. The first-order valence-corrected chi connectivity index (χ1v) is 7.73. The first-order valence-electron chi connectivity index (χ1n) is 7.73. The molecule has 0 saturated carbocycles. The maximum absolute atomic E-state index is 12.5. The van der Waals surface area contributed by atoms with Gasteiger partial charge in [0.05, 0.1) is 10.9 Å². The molecular weight excluding hydrogens is 304 g/mol. The van der Waals surface area contributed by atoms with Crippen LogP contribution in [0.3, 0.4) is 0 Å². The van der Waals surface area contributed by atoms with Gasteiger partial charge in [-0.1, -0.05) is 30.3 Å². The number of nitrogens with zero attached hydrogens (tertiary/aromatic N) is 2. The van der Waals surface area contributed by atoms with Crippen LogP contribution in [-0.4, -0.2) is 15.5 Å². The fourth-order valence-electron chi connectivity index (χ4n) is 2.56. The highest BCUT2D eigenvalue weighted by molar-refractivity contribution is 5.96. The third-order valence-corrected chi connectivity index (χ3v) is 3.86.